The smallest absolute Gasteiger partial charge is 0.259 e. The van der Waals surface area contributed by atoms with E-state index in [2.05, 4.69) is 22.6 Å². The molecule has 0 bridgehead atoms. The van der Waals surface area contributed by atoms with Crippen molar-refractivity contribution in [3.05, 3.63) is 28.1 Å². The van der Waals surface area contributed by atoms with Gasteiger partial charge in [0.15, 0.2) is 0 Å². The largest absolute Gasteiger partial charge is 0.313 e. The van der Waals surface area contributed by atoms with Crippen LogP contribution in [0.3, 0.4) is 0 Å². The minimum absolute atomic E-state index is 0.0637. The Morgan fingerprint density at radius 1 is 1.67 bits per heavy atom. The molecule has 0 saturated carbocycles. The highest BCUT2D eigenvalue weighted by Gasteiger charge is 1.96. The molecule has 0 amide bonds. The van der Waals surface area contributed by atoms with E-state index in [0.717, 1.165) is 4.83 Å². The summed E-state index contributed by atoms with van der Waals surface area (Å²) in [5, 5.41) is 10.3. The lowest BCUT2D eigenvalue weighted by Gasteiger charge is -1.82. The van der Waals surface area contributed by atoms with Gasteiger partial charge in [0, 0.05) is 12.2 Å². The van der Waals surface area contributed by atoms with Crippen molar-refractivity contribution in [2.24, 2.45) is 0 Å². The fourth-order valence-corrected chi connectivity index (χ4v) is 1.69. The van der Waals surface area contributed by atoms with Gasteiger partial charge in [-0.05, 0) is 11.4 Å². The Labute approximate surface area is 96.0 Å². The van der Waals surface area contributed by atoms with Crippen molar-refractivity contribution >= 4 is 34.2 Å². The summed E-state index contributed by atoms with van der Waals surface area (Å²) >= 11 is 5.25. The van der Waals surface area contributed by atoms with Crippen LogP contribution in [-0.2, 0) is 0 Å². The van der Waals surface area contributed by atoms with Crippen LogP contribution < -0.4 is 5.56 Å². The third kappa shape index (κ3) is 3.38. The SMILES string of the molecule is N#CCCS.O=c1[nH]cnc2sccc12. The van der Waals surface area contributed by atoms with Crippen molar-refractivity contribution in [1.29, 1.82) is 5.26 Å². The number of thiol groups is 1. The summed E-state index contributed by atoms with van der Waals surface area (Å²) in [6.07, 6.45) is 1.98. The van der Waals surface area contributed by atoms with Crippen LogP contribution in [0.15, 0.2) is 22.6 Å². The number of nitrogens with one attached hydrogen (secondary N) is 1. The van der Waals surface area contributed by atoms with E-state index >= 15 is 0 Å². The third-order valence-electron chi connectivity index (χ3n) is 1.49. The topological polar surface area (TPSA) is 69.5 Å². The van der Waals surface area contributed by atoms with Gasteiger partial charge in [0.05, 0.1) is 17.8 Å². The Morgan fingerprint density at radius 2 is 2.47 bits per heavy atom. The third-order valence-corrected chi connectivity index (χ3v) is 2.53. The number of H-pyrrole nitrogens is 1. The minimum Gasteiger partial charge on any atom is -0.313 e. The lowest BCUT2D eigenvalue weighted by molar-refractivity contribution is 1.18. The van der Waals surface area contributed by atoms with Gasteiger partial charge >= 0.3 is 0 Å². The molecule has 0 aliphatic carbocycles. The predicted octanol–water partition coefficient (Wildman–Crippen LogP) is 1.81. The molecule has 1 N–H and O–H groups in total. The van der Waals surface area contributed by atoms with E-state index in [1.54, 1.807) is 6.07 Å². The lowest BCUT2D eigenvalue weighted by atomic mass is 10.4. The lowest BCUT2D eigenvalue weighted by Crippen LogP contribution is -2.03. The Kier molecular flexibility index (Phi) is 4.87. The van der Waals surface area contributed by atoms with Gasteiger partial charge in [-0.15, -0.1) is 11.3 Å². The molecular weight excluding hydrogens is 230 g/mol. The van der Waals surface area contributed by atoms with Crippen molar-refractivity contribution in [1.82, 2.24) is 9.97 Å². The molecule has 0 radical (unpaired) electrons. The highest BCUT2D eigenvalue weighted by atomic mass is 32.1. The molecule has 0 aliphatic rings. The van der Waals surface area contributed by atoms with Crippen LogP contribution in [0, 0.1) is 11.3 Å². The average molecular weight is 239 g/mol. The van der Waals surface area contributed by atoms with Crippen LogP contribution in [0.5, 0.6) is 0 Å². The van der Waals surface area contributed by atoms with E-state index in [1.807, 2.05) is 11.4 Å². The highest BCUT2D eigenvalue weighted by molar-refractivity contribution is 7.80. The molecule has 0 fully saturated rings. The molecule has 78 valence electrons. The fourth-order valence-electron chi connectivity index (χ4n) is 0.851. The number of nitriles is 1. The summed E-state index contributed by atoms with van der Waals surface area (Å²) in [5.74, 6) is 0.677. The first-order valence-corrected chi connectivity index (χ1v) is 5.69. The Balaban J connectivity index is 0.000000195. The first kappa shape index (κ1) is 11.8. The fraction of sp³-hybridized carbons (Fsp3) is 0.222. The summed E-state index contributed by atoms with van der Waals surface area (Å²) in [6.45, 7) is 0. The number of fused-ring (bicyclic) bond motifs is 1. The molecule has 0 unspecified atom stereocenters. The first-order valence-electron chi connectivity index (χ1n) is 4.18. The van der Waals surface area contributed by atoms with Gasteiger partial charge in [-0.25, -0.2) is 4.98 Å². The average Bonchev–Trinajstić information content (AvgIpc) is 2.69. The monoisotopic (exact) mass is 239 g/mol. The maximum atomic E-state index is 11.0. The van der Waals surface area contributed by atoms with Gasteiger partial charge in [0.1, 0.15) is 4.83 Å². The summed E-state index contributed by atoms with van der Waals surface area (Å²) in [7, 11) is 0. The molecule has 0 aliphatic heterocycles. The molecule has 0 aromatic carbocycles. The molecule has 2 heterocycles. The minimum atomic E-state index is -0.0637. The van der Waals surface area contributed by atoms with Crippen LogP contribution in [0.2, 0.25) is 0 Å². The first-order chi connectivity index (χ1) is 7.29. The Morgan fingerprint density at radius 3 is 3.00 bits per heavy atom. The standard InChI is InChI=1S/C6H4N2OS.C3H5NS/c9-5-4-1-2-10-6(4)8-3-7-5;4-2-1-3-5/h1-3H,(H,7,8,9);5H,1,3H2. The maximum absolute atomic E-state index is 11.0. The van der Waals surface area contributed by atoms with Crippen LogP contribution in [0.4, 0.5) is 0 Å². The second-order valence-electron chi connectivity index (χ2n) is 2.50. The van der Waals surface area contributed by atoms with E-state index in [4.69, 9.17) is 5.26 Å². The second-order valence-corrected chi connectivity index (χ2v) is 3.84. The van der Waals surface area contributed by atoms with E-state index in [1.165, 1.54) is 17.7 Å². The number of hydrogen-bond acceptors (Lipinski definition) is 5. The molecular formula is C9H9N3OS2. The van der Waals surface area contributed by atoms with Crippen molar-refractivity contribution in [2.75, 3.05) is 5.75 Å². The summed E-state index contributed by atoms with van der Waals surface area (Å²) in [6, 6.07) is 3.71. The number of aromatic amines is 1. The number of nitrogens with zero attached hydrogens (tertiary/aromatic N) is 2. The van der Waals surface area contributed by atoms with E-state index in [-0.39, 0.29) is 5.56 Å². The van der Waals surface area contributed by atoms with Crippen molar-refractivity contribution in [3.8, 4) is 6.07 Å². The second kappa shape index (κ2) is 6.22. The van der Waals surface area contributed by atoms with Crippen LogP contribution in [0.25, 0.3) is 10.2 Å². The zero-order valence-corrected chi connectivity index (χ0v) is 9.52. The normalized spacial score (nSPS) is 9.07. The molecule has 2 aromatic heterocycles. The molecule has 0 spiro atoms. The molecule has 2 rings (SSSR count). The summed E-state index contributed by atoms with van der Waals surface area (Å²) < 4.78 is 0. The van der Waals surface area contributed by atoms with Crippen LogP contribution in [-0.4, -0.2) is 15.7 Å². The summed E-state index contributed by atoms with van der Waals surface area (Å²) in [4.78, 5) is 18.2. The van der Waals surface area contributed by atoms with Crippen LogP contribution in [0.1, 0.15) is 6.42 Å². The van der Waals surface area contributed by atoms with Crippen molar-refractivity contribution in [2.45, 2.75) is 6.42 Å². The number of rotatable bonds is 1. The molecule has 6 heteroatoms. The van der Waals surface area contributed by atoms with E-state index in [0.29, 0.717) is 17.6 Å². The number of thiophene rings is 1. The van der Waals surface area contributed by atoms with Gasteiger partial charge in [-0.2, -0.15) is 17.9 Å². The van der Waals surface area contributed by atoms with Crippen LogP contribution >= 0.6 is 24.0 Å². The number of hydrogen-bond donors (Lipinski definition) is 2. The van der Waals surface area contributed by atoms with Gasteiger partial charge in [0.2, 0.25) is 0 Å². The van der Waals surface area contributed by atoms with Gasteiger partial charge in [-0.1, -0.05) is 0 Å². The molecule has 2 aromatic rings. The Hall–Kier alpha value is -1.32. The van der Waals surface area contributed by atoms with E-state index < -0.39 is 0 Å². The highest BCUT2D eigenvalue weighted by Crippen LogP contribution is 2.11. The quantitative estimate of drug-likeness (QED) is 0.746. The zero-order valence-electron chi connectivity index (χ0n) is 7.80. The molecule has 4 nitrogen and oxygen atoms in total. The van der Waals surface area contributed by atoms with E-state index in [9.17, 15) is 4.79 Å². The van der Waals surface area contributed by atoms with Gasteiger partial charge in [0.25, 0.3) is 5.56 Å². The number of aromatic nitrogens is 2. The van der Waals surface area contributed by atoms with Gasteiger partial charge in [-0.3, -0.25) is 4.79 Å². The van der Waals surface area contributed by atoms with Crippen molar-refractivity contribution in [3.63, 3.8) is 0 Å². The molecule has 0 atom stereocenters. The van der Waals surface area contributed by atoms with Crippen molar-refractivity contribution < 1.29 is 0 Å². The maximum Gasteiger partial charge on any atom is 0.259 e. The predicted molar refractivity (Wildman–Crippen MR) is 64.3 cm³/mol. The summed E-state index contributed by atoms with van der Waals surface area (Å²) in [5.41, 5.74) is -0.0637. The van der Waals surface area contributed by atoms with Gasteiger partial charge < -0.3 is 4.98 Å². The Bertz CT molecular complexity index is 512. The molecule has 15 heavy (non-hydrogen) atoms. The zero-order chi connectivity index (χ0) is 11.1. The molecule has 0 saturated heterocycles.